The fraction of sp³-hybridized carbons (Fsp3) is 0.750. The highest BCUT2D eigenvalue weighted by atomic mass is 16.8. The van der Waals surface area contributed by atoms with E-state index in [2.05, 4.69) is 4.74 Å². The van der Waals surface area contributed by atoms with E-state index in [1.54, 1.807) is 13.8 Å². The molecule has 0 amide bonds. The second-order valence-corrected chi connectivity index (χ2v) is 3.34. The maximum Gasteiger partial charge on any atom is 0.509 e. The van der Waals surface area contributed by atoms with Crippen molar-refractivity contribution in [2.45, 2.75) is 33.5 Å². The molecule has 1 N–H and O–H groups in total. The quantitative estimate of drug-likeness (QED) is 0.540. The average Bonchev–Trinajstić information content (AvgIpc) is 1.81. The third kappa shape index (κ3) is 5.05. The van der Waals surface area contributed by atoms with Crippen LogP contribution in [0.5, 0.6) is 0 Å². The SMILES string of the molecule is CC(C)C(=O)OC(C)(C)OC(=O)O. The molecule has 13 heavy (non-hydrogen) atoms. The molecule has 0 saturated heterocycles. The Hall–Kier alpha value is -1.26. The Morgan fingerprint density at radius 2 is 1.69 bits per heavy atom. The number of carboxylic acid groups (broad SMARTS) is 1. The first kappa shape index (κ1) is 11.7. The number of carbonyl (C=O) groups excluding carboxylic acids is 1. The van der Waals surface area contributed by atoms with Gasteiger partial charge in [-0.25, -0.2) is 4.79 Å². The van der Waals surface area contributed by atoms with Crippen molar-refractivity contribution in [1.29, 1.82) is 0 Å². The van der Waals surface area contributed by atoms with Crippen LogP contribution in [0.25, 0.3) is 0 Å². The summed E-state index contributed by atoms with van der Waals surface area (Å²) in [5.41, 5.74) is 0. The second-order valence-electron chi connectivity index (χ2n) is 3.34. The van der Waals surface area contributed by atoms with E-state index in [1.807, 2.05) is 0 Å². The van der Waals surface area contributed by atoms with Gasteiger partial charge in [0.25, 0.3) is 5.79 Å². The topological polar surface area (TPSA) is 72.8 Å². The molecule has 0 saturated carbocycles. The van der Waals surface area contributed by atoms with Crippen LogP contribution in [-0.2, 0) is 14.3 Å². The zero-order valence-electron chi connectivity index (χ0n) is 8.16. The standard InChI is InChI=1S/C8H14O5/c1-5(2)6(9)12-8(3,4)13-7(10)11/h5H,1-4H3,(H,10,11). The molecule has 0 aromatic rings. The summed E-state index contributed by atoms with van der Waals surface area (Å²) in [7, 11) is 0. The lowest BCUT2D eigenvalue weighted by molar-refractivity contribution is -0.202. The fourth-order valence-electron chi connectivity index (χ4n) is 0.591. The van der Waals surface area contributed by atoms with Gasteiger partial charge in [-0.05, 0) is 0 Å². The predicted octanol–water partition coefficient (Wildman–Crippen LogP) is 1.62. The van der Waals surface area contributed by atoms with E-state index in [4.69, 9.17) is 9.84 Å². The number of hydrogen-bond acceptors (Lipinski definition) is 4. The van der Waals surface area contributed by atoms with Crippen molar-refractivity contribution in [2.24, 2.45) is 5.92 Å². The Labute approximate surface area is 76.6 Å². The maximum atomic E-state index is 11.0. The van der Waals surface area contributed by atoms with E-state index in [1.165, 1.54) is 13.8 Å². The van der Waals surface area contributed by atoms with Crippen LogP contribution in [0.4, 0.5) is 4.79 Å². The highest BCUT2D eigenvalue weighted by Crippen LogP contribution is 2.14. The first-order valence-electron chi connectivity index (χ1n) is 3.89. The third-order valence-corrected chi connectivity index (χ3v) is 1.15. The van der Waals surface area contributed by atoms with Crippen LogP contribution in [-0.4, -0.2) is 23.0 Å². The molecule has 0 bridgehead atoms. The number of esters is 1. The first-order valence-corrected chi connectivity index (χ1v) is 3.89. The van der Waals surface area contributed by atoms with Crippen LogP contribution < -0.4 is 0 Å². The van der Waals surface area contributed by atoms with Gasteiger partial charge in [0.2, 0.25) is 0 Å². The summed E-state index contributed by atoms with van der Waals surface area (Å²) in [6.45, 7) is 6.03. The average molecular weight is 190 g/mol. The van der Waals surface area contributed by atoms with Gasteiger partial charge < -0.3 is 14.6 Å². The molecule has 0 atom stereocenters. The van der Waals surface area contributed by atoms with Crippen LogP contribution in [0.2, 0.25) is 0 Å². The Morgan fingerprint density at radius 3 is 2.00 bits per heavy atom. The zero-order valence-corrected chi connectivity index (χ0v) is 8.16. The molecule has 5 heteroatoms. The van der Waals surface area contributed by atoms with Crippen molar-refractivity contribution in [1.82, 2.24) is 0 Å². The molecule has 0 aromatic heterocycles. The molecule has 0 aromatic carbocycles. The maximum absolute atomic E-state index is 11.0. The fourth-order valence-corrected chi connectivity index (χ4v) is 0.591. The van der Waals surface area contributed by atoms with E-state index in [-0.39, 0.29) is 5.92 Å². The van der Waals surface area contributed by atoms with Crippen LogP contribution in [0.15, 0.2) is 0 Å². The largest absolute Gasteiger partial charge is 0.509 e. The summed E-state index contributed by atoms with van der Waals surface area (Å²) in [5, 5.41) is 8.29. The van der Waals surface area contributed by atoms with Crippen molar-refractivity contribution in [3.8, 4) is 0 Å². The number of carbonyl (C=O) groups is 2. The minimum atomic E-state index is -1.47. The number of ether oxygens (including phenoxy) is 2. The highest BCUT2D eigenvalue weighted by Gasteiger charge is 2.28. The van der Waals surface area contributed by atoms with Crippen LogP contribution >= 0.6 is 0 Å². The molecule has 0 fully saturated rings. The van der Waals surface area contributed by atoms with Gasteiger partial charge in [0.05, 0.1) is 5.92 Å². The van der Waals surface area contributed by atoms with E-state index < -0.39 is 17.9 Å². The molecular formula is C8H14O5. The minimum Gasteiger partial charge on any atom is -0.450 e. The molecule has 0 rings (SSSR count). The van der Waals surface area contributed by atoms with Gasteiger partial charge in [0.15, 0.2) is 0 Å². The number of hydrogen-bond donors (Lipinski definition) is 1. The molecule has 0 aliphatic heterocycles. The monoisotopic (exact) mass is 190 g/mol. The van der Waals surface area contributed by atoms with Gasteiger partial charge in [0, 0.05) is 13.8 Å². The van der Waals surface area contributed by atoms with Crippen molar-refractivity contribution >= 4 is 12.1 Å². The molecule has 5 nitrogen and oxygen atoms in total. The van der Waals surface area contributed by atoms with Gasteiger partial charge in [-0.15, -0.1) is 0 Å². The van der Waals surface area contributed by atoms with E-state index in [9.17, 15) is 9.59 Å². The van der Waals surface area contributed by atoms with Crippen molar-refractivity contribution in [3.63, 3.8) is 0 Å². The molecule has 0 radical (unpaired) electrons. The van der Waals surface area contributed by atoms with Crippen molar-refractivity contribution in [2.75, 3.05) is 0 Å². The third-order valence-electron chi connectivity index (χ3n) is 1.15. The lowest BCUT2D eigenvalue weighted by atomic mass is 10.2. The van der Waals surface area contributed by atoms with E-state index in [0.29, 0.717) is 0 Å². The van der Waals surface area contributed by atoms with Crippen molar-refractivity contribution < 1.29 is 24.2 Å². The van der Waals surface area contributed by atoms with E-state index in [0.717, 1.165) is 0 Å². The molecule has 0 aliphatic rings. The summed E-state index contributed by atoms with van der Waals surface area (Å²) >= 11 is 0. The summed E-state index contributed by atoms with van der Waals surface area (Å²) in [5.74, 6) is -2.23. The molecule has 0 heterocycles. The summed E-state index contributed by atoms with van der Waals surface area (Å²) < 4.78 is 9.10. The van der Waals surface area contributed by atoms with Gasteiger partial charge in [-0.2, -0.15) is 0 Å². The normalized spacial score (nSPS) is 11.2. The summed E-state index contributed by atoms with van der Waals surface area (Å²) in [6, 6.07) is 0. The Bertz CT molecular complexity index is 207. The molecule has 0 unspecified atom stereocenters. The van der Waals surface area contributed by atoms with E-state index >= 15 is 0 Å². The van der Waals surface area contributed by atoms with Gasteiger partial charge in [0.1, 0.15) is 0 Å². The lowest BCUT2D eigenvalue weighted by Crippen LogP contribution is -2.34. The molecule has 76 valence electrons. The molecule has 0 spiro atoms. The lowest BCUT2D eigenvalue weighted by Gasteiger charge is -2.24. The second kappa shape index (κ2) is 4.11. The van der Waals surface area contributed by atoms with Gasteiger partial charge in [-0.3, -0.25) is 4.79 Å². The minimum absolute atomic E-state index is 0.309. The van der Waals surface area contributed by atoms with Crippen molar-refractivity contribution in [3.05, 3.63) is 0 Å². The van der Waals surface area contributed by atoms with Gasteiger partial charge >= 0.3 is 12.1 Å². The zero-order chi connectivity index (χ0) is 10.6. The molecule has 0 aliphatic carbocycles. The highest BCUT2D eigenvalue weighted by molar-refractivity contribution is 5.72. The predicted molar refractivity (Wildman–Crippen MR) is 44.1 cm³/mol. The first-order chi connectivity index (χ1) is 5.74. The summed E-state index contributed by atoms with van der Waals surface area (Å²) in [4.78, 5) is 21.2. The van der Waals surface area contributed by atoms with Crippen LogP contribution in [0, 0.1) is 5.92 Å². The number of rotatable bonds is 3. The van der Waals surface area contributed by atoms with Crippen LogP contribution in [0.1, 0.15) is 27.7 Å². The molecular weight excluding hydrogens is 176 g/mol. The van der Waals surface area contributed by atoms with Crippen LogP contribution in [0.3, 0.4) is 0 Å². The Balaban J connectivity index is 4.16. The smallest absolute Gasteiger partial charge is 0.450 e. The van der Waals surface area contributed by atoms with Gasteiger partial charge in [-0.1, -0.05) is 13.8 Å². The Morgan fingerprint density at radius 1 is 1.23 bits per heavy atom. The summed E-state index contributed by atoms with van der Waals surface area (Å²) in [6.07, 6.45) is -1.47. The Kier molecular flexibility index (Phi) is 3.71.